The zero-order chi connectivity index (χ0) is 20.8. The number of nitrogens with zero attached hydrogens (tertiary/aromatic N) is 1. The summed E-state index contributed by atoms with van der Waals surface area (Å²) < 4.78 is 6.69. The van der Waals surface area contributed by atoms with Crippen molar-refractivity contribution in [2.24, 2.45) is 0 Å². The number of carbonyl (C=O) groups excluding carboxylic acids is 2. The lowest BCUT2D eigenvalue weighted by atomic mass is 10.2. The van der Waals surface area contributed by atoms with Gasteiger partial charge in [0.2, 0.25) is 5.91 Å². The maximum absolute atomic E-state index is 12.2. The fourth-order valence-electron chi connectivity index (χ4n) is 3.36. The molecule has 2 amide bonds. The third-order valence-corrected chi connectivity index (χ3v) is 5.21. The van der Waals surface area contributed by atoms with Gasteiger partial charge in [-0.25, -0.2) is 0 Å². The number of amides is 2. The number of ether oxygens (including phenoxy) is 1. The summed E-state index contributed by atoms with van der Waals surface area (Å²) in [7, 11) is 0. The molecule has 1 aliphatic rings. The molecule has 0 saturated carbocycles. The largest absolute Gasteiger partial charge is 0.372 e. The van der Waals surface area contributed by atoms with Crippen molar-refractivity contribution < 1.29 is 14.3 Å². The summed E-state index contributed by atoms with van der Waals surface area (Å²) in [5.74, 6) is -0.328. The molecule has 0 bridgehead atoms. The van der Waals surface area contributed by atoms with Crippen LogP contribution in [-0.4, -0.2) is 43.7 Å². The molecule has 3 rings (SSSR count). The summed E-state index contributed by atoms with van der Waals surface area (Å²) in [5.41, 5.74) is 2.43. The lowest BCUT2D eigenvalue weighted by Gasteiger charge is -2.36. The van der Waals surface area contributed by atoms with Crippen LogP contribution in [0.1, 0.15) is 30.6 Å². The van der Waals surface area contributed by atoms with Gasteiger partial charge in [0, 0.05) is 47.5 Å². The van der Waals surface area contributed by atoms with E-state index in [1.54, 1.807) is 12.1 Å². The summed E-state index contributed by atoms with van der Waals surface area (Å²) in [4.78, 5) is 26.5. The topological polar surface area (TPSA) is 70.7 Å². The highest BCUT2D eigenvalue weighted by Crippen LogP contribution is 2.22. The monoisotopic (exact) mass is 459 g/mol. The van der Waals surface area contributed by atoms with Crippen molar-refractivity contribution in [1.29, 1.82) is 0 Å². The fourth-order valence-corrected chi connectivity index (χ4v) is 3.63. The highest BCUT2D eigenvalue weighted by molar-refractivity contribution is 9.10. The molecule has 7 heteroatoms. The van der Waals surface area contributed by atoms with Crippen molar-refractivity contribution in [2.75, 3.05) is 29.9 Å². The van der Waals surface area contributed by atoms with Crippen molar-refractivity contribution in [2.45, 2.75) is 32.5 Å². The smallest absolute Gasteiger partial charge is 0.251 e. The van der Waals surface area contributed by atoms with E-state index >= 15 is 0 Å². The maximum Gasteiger partial charge on any atom is 0.251 e. The molecule has 2 aromatic rings. The van der Waals surface area contributed by atoms with E-state index in [2.05, 4.69) is 45.3 Å². The number of rotatable bonds is 6. The minimum atomic E-state index is -0.191. The molecule has 0 spiro atoms. The molecular formula is C22H26BrN3O3. The number of hydrogen-bond donors (Lipinski definition) is 2. The van der Waals surface area contributed by atoms with Gasteiger partial charge in [-0.1, -0.05) is 15.9 Å². The molecule has 154 valence electrons. The SMILES string of the molecule is CC1CN(c2ccc(NC(=O)CCNC(=O)c3ccc(Br)cc3)cc2)CC(C)O1. The Morgan fingerprint density at radius 2 is 1.66 bits per heavy atom. The first-order chi connectivity index (χ1) is 13.9. The minimum Gasteiger partial charge on any atom is -0.372 e. The van der Waals surface area contributed by atoms with Gasteiger partial charge in [-0.2, -0.15) is 0 Å². The van der Waals surface area contributed by atoms with Crippen molar-refractivity contribution in [3.63, 3.8) is 0 Å². The molecule has 29 heavy (non-hydrogen) atoms. The van der Waals surface area contributed by atoms with Crippen LogP contribution in [0.4, 0.5) is 11.4 Å². The Morgan fingerprint density at radius 3 is 2.28 bits per heavy atom. The van der Waals surface area contributed by atoms with Crippen LogP contribution in [0.3, 0.4) is 0 Å². The van der Waals surface area contributed by atoms with Crippen LogP contribution in [-0.2, 0) is 9.53 Å². The Balaban J connectivity index is 1.44. The zero-order valence-electron chi connectivity index (χ0n) is 16.7. The highest BCUT2D eigenvalue weighted by Gasteiger charge is 2.22. The maximum atomic E-state index is 12.2. The molecule has 1 fully saturated rings. The lowest BCUT2D eigenvalue weighted by Crippen LogP contribution is -2.45. The summed E-state index contributed by atoms with van der Waals surface area (Å²) in [6, 6.07) is 14.9. The first-order valence-electron chi connectivity index (χ1n) is 9.75. The molecule has 2 N–H and O–H groups in total. The second-order valence-electron chi connectivity index (χ2n) is 7.27. The Kier molecular flexibility index (Phi) is 7.28. The predicted octanol–water partition coefficient (Wildman–Crippen LogP) is 3.82. The minimum absolute atomic E-state index is 0.137. The van der Waals surface area contributed by atoms with Crippen LogP contribution >= 0.6 is 15.9 Å². The van der Waals surface area contributed by atoms with E-state index in [-0.39, 0.29) is 37.0 Å². The van der Waals surface area contributed by atoms with Crippen molar-refractivity contribution in [1.82, 2.24) is 5.32 Å². The molecule has 0 radical (unpaired) electrons. The molecule has 0 aliphatic carbocycles. The highest BCUT2D eigenvalue weighted by atomic mass is 79.9. The van der Waals surface area contributed by atoms with Gasteiger partial charge in [0.15, 0.2) is 0 Å². The zero-order valence-corrected chi connectivity index (χ0v) is 18.2. The molecule has 1 heterocycles. The third-order valence-electron chi connectivity index (χ3n) is 4.68. The van der Waals surface area contributed by atoms with Gasteiger partial charge in [-0.15, -0.1) is 0 Å². The molecule has 2 atom stereocenters. The van der Waals surface area contributed by atoms with Crippen molar-refractivity contribution in [3.8, 4) is 0 Å². The number of morpholine rings is 1. The molecule has 2 aromatic carbocycles. The summed E-state index contributed by atoms with van der Waals surface area (Å²) in [6.45, 7) is 6.14. The predicted molar refractivity (Wildman–Crippen MR) is 118 cm³/mol. The normalized spacial score (nSPS) is 18.9. The number of benzene rings is 2. The van der Waals surface area contributed by atoms with E-state index in [0.717, 1.165) is 28.9 Å². The van der Waals surface area contributed by atoms with Crippen LogP contribution in [0.2, 0.25) is 0 Å². The van der Waals surface area contributed by atoms with Gasteiger partial charge >= 0.3 is 0 Å². The van der Waals surface area contributed by atoms with Gasteiger partial charge in [0.05, 0.1) is 12.2 Å². The Morgan fingerprint density at radius 1 is 1.03 bits per heavy atom. The van der Waals surface area contributed by atoms with Crippen molar-refractivity contribution in [3.05, 3.63) is 58.6 Å². The second-order valence-corrected chi connectivity index (χ2v) is 8.19. The molecule has 2 unspecified atom stereocenters. The fraction of sp³-hybridized carbons (Fsp3) is 0.364. The van der Waals surface area contributed by atoms with Crippen LogP contribution in [0, 0.1) is 0 Å². The molecule has 1 aliphatic heterocycles. The average Bonchev–Trinajstić information content (AvgIpc) is 2.68. The number of halogens is 1. The number of nitrogens with one attached hydrogen (secondary N) is 2. The Labute approximate surface area is 179 Å². The van der Waals surface area contributed by atoms with Crippen LogP contribution in [0.15, 0.2) is 53.0 Å². The molecular weight excluding hydrogens is 434 g/mol. The number of hydrogen-bond acceptors (Lipinski definition) is 4. The number of carbonyl (C=O) groups is 2. The lowest BCUT2D eigenvalue weighted by molar-refractivity contribution is -0.116. The van der Waals surface area contributed by atoms with Gasteiger partial charge in [0.25, 0.3) is 5.91 Å². The molecule has 0 aromatic heterocycles. The van der Waals surface area contributed by atoms with E-state index in [4.69, 9.17) is 4.74 Å². The van der Waals surface area contributed by atoms with Gasteiger partial charge in [-0.3, -0.25) is 9.59 Å². The van der Waals surface area contributed by atoms with Gasteiger partial charge in [-0.05, 0) is 62.4 Å². The summed E-state index contributed by atoms with van der Waals surface area (Å²) in [6.07, 6.45) is 0.610. The first kappa shape index (κ1) is 21.3. The van der Waals surface area contributed by atoms with Crippen LogP contribution in [0.25, 0.3) is 0 Å². The van der Waals surface area contributed by atoms with E-state index in [1.807, 2.05) is 36.4 Å². The van der Waals surface area contributed by atoms with E-state index in [9.17, 15) is 9.59 Å². The Bertz CT molecular complexity index is 829. The Hall–Kier alpha value is -2.38. The molecule has 1 saturated heterocycles. The van der Waals surface area contributed by atoms with Gasteiger partial charge < -0.3 is 20.3 Å². The first-order valence-corrected chi connectivity index (χ1v) is 10.5. The van der Waals surface area contributed by atoms with Crippen molar-refractivity contribution >= 4 is 39.1 Å². The standard InChI is InChI=1S/C22H26BrN3O3/c1-15-13-26(14-16(2)29-15)20-9-7-19(8-10-20)25-21(27)11-12-24-22(28)17-3-5-18(23)6-4-17/h3-10,15-16H,11-14H2,1-2H3,(H,24,28)(H,25,27). The van der Waals surface area contributed by atoms with E-state index in [1.165, 1.54) is 0 Å². The average molecular weight is 460 g/mol. The number of anilines is 2. The summed E-state index contributed by atoms with van der Waals surface area (Å²) in [5, 5.41) is 5.63. The molecule has 6 nitrogen and oxygen atoms in total. The van der Waals surface area contributed by atoms with Crippen LogP contribution in [0.5, 0.6) is 0 Å². The second kappa shape index (κ2) is 9.89. The summed E-state index contributed by atoms with van der Waals surface area (Å²) >= 11 is 3.34. The van der Waals surface area contributed by atoms with E-state index < -0.39 is 0 Å². The van der Waals surface area contributed by atoms with Crippen LogP contribution < -0.4 is 15.5 Å². The third kappa shape index (κ3) is 6.30. The quantitative estimate of drug-likeness (QED) is 0.688. The van der Waals surface area contributed by atoms with Gasteiger partial charge in [0.1, 0.15) is 0 Å². The van der Waals surface area contributed by atoms with E-state index in [0.29, 0.717) is 5.56 Å².